The molecule has 0 aliphatic carbocycles. The Morgan fingerprint density at radius 2 is 2.20 bits per heavy atom. The minimum atomic E-state index is -0.404. The third kappa shape index (κ3) is 4.10. The molecule has 2 heterocycles. The number of nitrogen functional groups attached to an aromatic ring is 1. The fourth-order valence-electron chi connectivity index (χ4n) is 2.13. The van der Waals surface area contributed by atoms with Gasteiger partial charge in [-0.15, -0.1) is 0 Å². The number of nitrogens with one attached hydrogen (secondary N) is 3. The van der Waals surface area contributed by atoms with E-state index in [9.17, 15) is 9.59 Å². The fourth-order valence-corrected chi connectivity index (χ4v) is 2.80. The summed E-state index contributed by atoms with van der Waals surface area (Å²) in [5.74, 6) is 0.590. The number of hydrogen-bond donors (Lipinski definition) is 4. The first kappa shape index (κ1) is 16.8. The van der Waals surface area contributed by atoms with E-state index in [1.807, 2.05) is 13.0 Å². The van der Waals surface area contributed by atoms with E-state index in [4.69, 9.17) is 10.5 Å². The number of imidazole rings is 1. The normalized spacial score (nSPS) is 10.8. The highest BCUT2D eigenvalue weighted by molar-refractivity contribution is 7.99. The second-order valence-corrected chi connectivity index (χ2v) is 5.95. The molecular formula is C15H16N6O3S. The van der Waals surface area contributed by atoms with Gasteiger partial charge in [0.15, 0.2) is 16.3 Å². The van der Waals surface area contributed by atoms with Crippen molar-refractivity contribution in [2.45, 2.75) is 12.1 Å². The molecule has 10 heteroatoms. The highest BCUT2D eigenvalue weighted by Gasteiger charge is 2.11. The maximum absolute atomic E-state index is 12.1. The van der Waals surface area contributed by atoms with E-state index < -0.39 is 5.56 Å². The predicted octanol–water partition coefficient (Wildman–Crippen LogP) is 1.36. The molecule has 25 heavy (non-hydrogen) atoms. The SMILES string of the molecule is CCOc1cccc(NC(=O)CSc2nc3nc(N)[nH]c(=O)c3[nH]2)c1. The molecule has 0 fully saturated rings. The van der Waals surface area contributed by atoms with Crippen molar-refractivity contribution in [2.75, 3.05) is 23.4 Å². The monoisotopic (exact) mass is 360 g/mol. The molecule has 9 nitrogen and oxygen atoms in total. The van der Waals surface area contributed by atoms with Crippen LogP contribution in [0, 0.1) is 0 Å². The Labute approximate surface area is 146 Å². The molecule has 2 aromatic heterocycles. The molecule has 0 aliphatic heterocycles. The van der Waals surface area contributed by atoms with Crippen molar-refractivity contribution in [2.24, 2.45) is 0 Å². The van der Waals surface area contributed by atoms with Gasteiger partial charge in [-0.05, 0) is 19.1 Å². The third-order valence-corrected chi connectivity index (χ3v) is 4.00. The average molecular weight is 360 g/mol. The summed E-state index contributed by atoms with van der Waals surface area (Å²) in [7, 11) is 0. The Morgan fingerprint density at radius 1 is 1.36 bits per heavy atom. The number of nitrogens with two attached hydrogens (primary N) is 1. The van der Waals surface area contributed by atoms with E-state index >= 15 is 0 Å². The van der Waals surface area contributed by atoms with Crippen LogP contribution < -0.4 is 21.3 Å². The number of fused-ring (bicyclic) bond motifs is 1. The van der Waals surface area contributed by atoms with Crippen molar-refractivity contribution in [3.8, 4) is 5.75 Å². The lowest BCUT2D eigenvalue weighted by atomic mass is 10.3. The largest absolute Gasteiger partial charge is 0.494 e. The van der Waals surface area contributed by atoms with E-state index in [2.05, 4.69) is 25.3 Å². The van der Waals surface area contributed by atoms with Crippen LogP contribution in [-0.2, 0) is 4.79 Å². The number of hydrogen-bond acceptors (Lipinski definition) is 7. The molecule has 0 unspecified atom stereocenters. The highest BCUT2D eigenvalue weighted by atomic mass is 32.2. The lowest BCUT2D eigenvalue weighted by Gasteiger charge is -2.07. The second-order valence-electron chi connectivity index (χ2n) is 4.99. The van der Waals surface area contributed by atoms with Crippen molar-refractivity contribution in [3.63, 3.8) is 0 Å². The summed E-state index contributed by atoms with van der Waals surface area (Å²) in [5, 5.41) is 3.19. The van der Waals surface area contributed by atoms with Crippen LogP contribution in [0.25, 0.3) is 11.2 Å². The molecule has 0 atom stereocenters. The molecule has 3 aromatic rings. The van der Waals surface area contributed by atoms with Crippen LogP contribution >= 0.6 is 11.8 Å². The molecule has 0 bridgehead atoms. The van der Waals surface area contributed by atoms with Gasteiger partial charge in [-0.1, -0.05) is 17.8 Å². The van der Waals surface area contributed by atoms with Crippen molar-refractivity contribution < 1.29 is 9.53 Å². The highest BCUT2D eigenvalue weighted by Crippen LogP contribution is 2.19. The van der Waals surface area contributed by atoms with Gasteiger partial charge in [-0.3, -0.25) is 14.6 Å². The van der Waals surface area contributed by atoms with Crippen molar-refractivity contribution in [3.05, 3.63) is 34.6 Å². The molecule has 1 amide bonds. The Hall–Kier alpha value is -3.01. The molecule has 0 aliphatic rings. The van der Waals surface area contributed by atoms with Crippen LogP contribution in [0.2, 0.25) is 0 Å². The topological polar surface area (TPSA) is 139 Å². The van der Waals surface area contributed by atoms with Gasteiger partial charge < -0.3 is 20.8 Å². The molecular weight excluding hydrogens is 344 g/mol. The van der Waals surface area contributed by atoms with Crippen LogP contribution in [0.15, 0.2) is 34.2 Å². The van der Waals surface area contributed by atoms with Gasteiger partial charge >= 0.3 is 0 Å². The number of anilines is 2. The van der Waals surface area contributed by atoms with Gasteiger partial charge in [0.25, 0.3) is 5.56 Å². The number of ether oxygens (including phenoxy) is 1. The Kier molecular flexibility index (Phi) is 4.89. The number of carbonyl (C=O) groups is 1. The summed E-state index contributed by atoms with van der Waals surface area (Å²) in [5.41, 5.74) is 6.16. The quantitative estimate of drug-likeness (QED) is 0.487. The number of carbonyl (C=O) groups excluding carboxylic acids is 1. The van der Waals surface area contributed by atoms with Crippen molar-refractivity contribution in [1.82, 2.24) is 19.9 Å². The van der Waals surface area contributed by atoms with E-state index in [0.29, 0.717) is 23.2 Å². The molecule has 0 saturated heterocycles. The standard InChI is InChI=1S/C15H16N6O3S/c1-2-24-9-5-3-4-8(6-9)17-10(22)7-25-15-18-11-12(20-15)19-14(16)21-13(11)23/h3-6H,2,7H2,1H3,(H,17,22)(H4,16,18,19,20,21,23). The molecule has 3 rings (SSSR count). The molecule has 130 valence electrons. The van der Waals surface area contributed by atoms with Crippen LogP contribution in [0.5, 0.6) is 5.75 Å². The molecule has 5 N–H and O–H groups in total. The van der Waals surface area contributed by atoms with E-state index in [1.165, 1.54) is 0 Å². The first-order valence-electron chi connectivity index (χ1n) is 7.46. The minimum absolute atomic E-state index is 0.00697. The number of H-pyrrole nitrogens is 2. The number of nitrogens with zero attached hydrogens (tertiary/aromatic N) is 2. The Morgan fingerprint density at radius 3 is 3.00 bits per heavy atom. The van der Waals surface area contributed by atoms with E-state index in [-0.39, 0.29) is 28.8 Å². The summed E-state index contributed by atoms with van der Waals surface area (Å²) in [6, 6.07) is 7.14. The van der Waals surface area contributed by atoms with Crippen molar-refractivity contribution >= 4 is 40.5 Å². The predicted molar refractivity (Wildman–Crippen MR) is 95.9 cm³/mol. The maximum Gasteiger partial charge on any atom is 0.278 e. The first-order chi connectivity index (χ1) is 12.0. The molecule has 1 aromatic carbocycles. The molecule has 0 spiro atoms. The van der Waals surface area contributed by atoms with Gasteiger partial charge in [0.1, 0.15) is 5.75 Å². The number of benzene rings is 1. The summed E-state index contributed by atoms with van der Waals surface area (Å²) in [6.07, 6.45) is 0. The van der Waals surface area contributed by atoms with Crippen LogP contribution in [0.3, 0.4) is 0 Å². The zero-order chi connectivity index (χ0) is 17.8. The maximum atomic E-state index is 12.1. The Balaban J connectivity index is 1.63. The minimum Gasteiger partial charge on any atom is -0.494 e. The number of thioether (sulfide) groups is 1. The molecule has 0 radical (unpaired) electrons. The summed E-state index contributed by atoms with van der Waals surface area (Å²) in [4.78, 5) is 37.1. The fraction of sp³-hybridized carbons (Fsp3) is 0.200. The second kappa shape index (κ2) is 7.26. The summed E-state index contributed by atoms with van der Waals surface area (Å²) in [6.45, 7) is 2.44. The van der Waals surface area contributed by atoms with Crippen molar-refractivity contribution in [1.29, 1.82) is 0 Å². The lowest BCUT2D eigenvalue weighted by Crippen LogP contribution is -2.14. The number of rotatable bonds is 6. The number of amides is 1. The third-order valence-electron chi connectivity index (χ3n) is 3.13. The van der Waals surface area contributed by atoms with Gasteiger partial charge in [-0.25, -0.2) is 4.98 Å². The van der Waals surface area contributed by atoms with Gasteiger partial charge in [0.05, 0.1) is 12.4 Å². The smallest absolute Gasteiger partial charge is 0.278 e. The summed E-state index contributed by atoms with van der Waals surface area (Å²) < 4.78 is 5.39. The van der Waals surface area contributed by atoms with Gasteiger partial charge in [0.2, 0.25) is 11.9 Å². The van der Waals surface area contributed by atoms with Crippen LogP contribution in [0.1, 0.15) is 6.92 Å². The molecule has 0 saturated carbocycles. The van der Waals surface area contributed by atoms with Gasteiger partial charge in [0, 0.05) is 11.8 Å². The summed E-state index contributed by atoms with van der Waals surface area (Å²) >= 11 is 1.16. The average Bonchev–Trinajstić information content (AvgIpc) is 2.97. The lowest BCUT2D eigenvalue weighted by molar-refractivity contribution is -0.113. The first-order valence-corrected chi connectivity index (χ1v) is 8.44. The zero-order valence-corrected chi connectivity index (χ0v) is 14.1. The van der Waals surface area contributed by atoms with Crippen LogP contribution in [0.4, 0.5) is 11.6 Å². The number of aromatic nitrogens is 4. The van der Waals surface area contributed by atoms with Gasteiger partial charge in [-0.2, -0.15) is 4.98 Å². The zero-order valence-electron chi connectivity index (χ0n) is 13.3. The number of aromatic amines is 2. The van der Waals surface area contributed by atoms with E-state index in [0.717, 1.165) is 11.8 Å². The van der Waals surface area contributed by atoms with Crippen LogP contribution in [-0.4, -0.2) is 38.2 Å². The van der Waals surface area contributed by atoms with E-state index in [1.54, 1.807) is 18.2 Å². The Bertz CT molecular complexity index is 967.